The highest BCUT2D eigenvalue weighted by molar-refractivity contribution is 7.89. The van der Waals surface area contributed by atoms with Crippen molar-refractivity contribution < 1.29 is 17.9 Å². The van der Waals surface area contributed by atoms with Gasteiger partial charge in [-0.15, -0.1) is 0 Å². The molecule has 0 aliphatic carbocycles. The van der Waals surface area contributed by atoms with E-state index in [-0.39, 0.29) is 5.91 Å². The molecule has 3 rings (SSSR count). The fourth-order valence-corrected chi connectivity index (χ4v) is 4.90. The molecule has 2 aromatic carbocycles. The molecule has 1 aliphatic heterocycles. The maximum Gasteiger partial charge on any atom is 0.251 e. The van der Waals surface area contributed by atoms with Crippen LogP contribution < -0.4 is 5.32 Å². The molecule has 0 atom stereocenters. The number of methoxy groups -OCH3 is 1. The number of carbonyl (C=O) groups is 1. The summed E-state index contributed by atoms with van der Waals surface area (Å²) in [6, 6.07) is 16.1. The molecule has 1 amide bonds. The van der Waals surface area contributed by atoms with Gasteiger partial charge >= 0.3 is 0 Å². The van der Waals surface area contributed by atoms with Gasteiger partial charge in [-0.25, -0.2) is 8.42 Å². The van der Waals surface area contributed by atoms with E-state index in [1.54, 1.807) is 41.7 Å². The summed E-state index contributed by atoms with van der Waals surface area (Å²) >= 11 is 0. The maximum atomic E-state index is 12.8. The van der Waals surface area contributed by atoms with Crippen LogP contribution >= 0.6 is 0 Å². The lowest BCUT2D eigenvalue weighted by atomic mass is 10.1. The van der Waals surface area contributed by atoms with Crippen molar-refractivity contribution in [3.05, 3.63) is 65.7 Å². The first-order valence-electron chi connectivity index (χ1n) is 10.1. The summed E-state index contributed by atoms with van der Waals surface area (Å²) < 4.78 is 32.0. The SMILES string of the molecule is COCCCNC(=O)c1cccc(CN2CCN(S(=O)(=O)c3ccccc3)CC2)c1. The van der Waals surface area contributed by atoms with Crippen LogP contribution in [-0.2, 0) is 21.3 Å². The Morgan fingerprint density at radius 1 is 1.03 bits per heavy atom. The minimum Gasteiger partial charge on any atom is -0.385 e. The zero-order chi connectivity index (χ0) is 21.4. The number of nitrogens with one attached hydrogen (secondary N) is 1. The van der Waals surface area contributed by atoms with E-state index >= 15 is 0 Å². The first-order valence-corrected chi connectivity index (χ1v) is 11.6. The zero-order valence-corrected chi connectivity index (χ0v) is 18.1. The van der Waals surface area contributed by atoms with Crippen LogP contribution in [0.3, 0.4) is 0 Å². The van der Waals surface area contributed by atoms with Crippen LogP contribution in [0.5, 0.6) is 0 Å². The van der Waals surface area contributed by atoms with Gasteiger partial charge in [0.1, 0.15) is 0 Å². The molecular weight excluding hydrogens is 402 g/mol. The summed E-state index contributed by atoms with van der Waals surface area (Å²) in [5, 5.41) is 2.90. The Labute approximate surface area is 178 Å². The normalized spacial score (nSPS) is 15.8. The van der Waals surface area contributed by atoms with Gasteiger partial charge in [-0.05, 0) is 36.2 Å². The highest BCUT2D eigenvalue weighted by Gasteiger charge is 2.28. The number of hydrogen-bond donors (Lipinski definition) is 1. The highest BCUT2D eigenvalue weighted by Crippen LogP contribution is 2.18. The number of benzene rings is 2. The highest BCUT2D eigenvalue weighted by atomic mass is 32.2. The third-order valence-corrected chi connectivity index (χ3v) is 7.03. The number of rotatable bonds is 9. The van der Waals surface area contributed by atoms with Crippen molar-refractivity contribution in [2.75, 3.05) is 46.4 Å². The monoisotopic (exact) mass is 431 g/mol. The number of carbonyl (C=O) groups excluding carboxylic acids is 1. The molecule has 2 aromatic rings. The van der Waals surface area contributed by atoms with Gasteiger partial charge in [-0.1, -0.05) is 30.3 Å². The van der Waals surface area contributed by atoms with Crippen molar-refractivity contribution in [3.8, 4) is 0 Å². The van der Waals surface area contributed by atoms with Crippen LogP contribution in [0.4, 0.5) is 0 Å². The van der Waals surface area contributed by atoms with Gasteiger partial charge < -0.3 is 10.1 Å². The van der Waals surface area contributed by atoms with Crippen molar-refractivity contribution in [1.29, 1.82) is 0 Å². The average Bonchev–Trinajstić information content (AvgIpc) is 2.78. The fourth-order valence-electron chi connectivity index (χ4n) is 3.46. The molecular formula is C22H29N3O4S. The Kier molecular flexibility index (Phi) is 7.98. The summed E-state index contributed by atoms with van der Waals surface area (Å²) in [6.45, 7) is 4.10. The third-order valence-electron chi connectivity index (χ3n) is 5.12. The predicted molar refractivity (Wildman–Crippen MR) is 116 cm³/mol. The Balaban J connectivity index is 1.53. The molecule has 1 heterocycles. The number of piperazine rings is 1. The lowest BCUT2D eigenvalue weighted by Crippen LogP contribution is -2.48. The summed E-state index contributed by atoms with van der Waals surface area (Å²) in [7, 11) is -1.80. The summed E-state index contributed by atoms with van der Waals surface area (Å²) in [5.41, 5.74) is 1.68. The van der Waals surface area contributed by atoms with Crippen LogP contribution in [0, 0.1) is 0 Å². The average molecular weight is 432 g/mol. The van der Waals surface area contributed by atoms with Gasteiger partial charge in [-0.3, -0.25) is 9.69 Å². The van der Waals surface area contributed by atoms with Crippen LogP contribution in [0.2, 0.25) is 0 Å². The number of amides is 1. The van der Waals surface area contributed by atoms with Crippen LogP contribution in [0.15, 0.2) is 59.5 Å². The van der Waals surface area contributed by atoms with E-state index in [9.17, 15) is 13.2 Å². The van der Waals surface area contributed by atoms with Gasteiger partial charge in [0.25, 0.3) is 5.91 Å². The van der Waals surface area contributed by atoms with E-state index in [1.165, 1.54) is 0 Å². The lowest BCUT2D eigenvalue weighted by Gasteiger charge is -2.34. The van der Waals surface area contributed by atoms with Crippen LogP contribution in [0.25, 0.3) is 0 Å². The van der Waals surface area contributed by atoms with E-state index in [0.29, 0.717) is 56.3 Å². The van der Waals surface area contributed by atoms with Crippen LogP contribution in [0.1, 0.15) is 22.3 Å². The van der Waals surface area contributed by atoms with E-state index in [1.807, 2.05) is 24.3 Å². The largest absolute Gasteiger partial charge is 0.385 e. The Hall–Kier alpha value is -2.26. The molecule has 0 bridgehead atoms. The maximum absolute atomic E-state index is 12.8. The van der Waals surface area contributed by atoms with Gasteiger partial charge in [0.05, 0.1) is 4.90 Å². The second-order valence-electron chi connectivity index (χ2n) is 7.30. The second kappa shape index (κ2) is 10.7. The van der Waals surface area contributed by atoms with Crippen LogP contribution in [-0.4, -0.2) is 70.0 Å². The van der Waals surface area contributed by atoms with Crippen molar-refractivity contribution in [2.45, 2.75) is 17.9 Å². The first kappa shape index (κ1) is 22.4. The standard InChI is InChI=1S/C22H29N3O4S/c1-29-16-6-11-23-22(26)20-8-5-7-19(17-20)18-24-12-14-25(15-13-24)30(27,28)21-9-3-2-4-10-21/h2-5,7-10,17H,6,11-16,18H2,1H3,(H,23,26). The molecule has 1 saturated heterocycles. The number of sulfonamides is 1. The molecule has 0 saturated carbocycles. The minimum atomic E-state index is -3.44. The van der Waals surface area contributed by atoms with Crippen molar-refractivity contribution in [3.63, 3.8) is 0 Å². The van der Waals surface area contributed by atoms with Gasteiger partial charge in [0.15, 0.2) is 0 Å². The van der Waals surface area contributed by atoms with Crippen molar-refractivity contribution in [2.24, 2.45) is 0 Å². The van der Waals surface area contributed by atoms with Gasteiger partial charge in [-0.2, -0.15) is 4.31 Å². The van der Waals surface area contributed by atoms with E-state index in [0.717, 1.165) is 12.0 Å². The molecule has 0 unspecified atom stereocenters. The fraction of sp³-hybridized carbons (Fsp3) is 0.409. The minimum absolute atomic E-state index is 0.0910. The Morgan fingerprint density at radius 3 is 2.47 bits per heavy atom. The number of ether oxygens (including phenoxy) is 1. The molecule has 0 aromatic heterocycles. The topological polar surface area (TPSA) is 79.0 Å². The molecule has 8 heteroatoms. The number of hydrogen-bond acceptors (Lipinski definition) is 5. The second-order valence-corrected chi connectivity index (χ2v) is 9.23. The molecule has 7 nitrogen and oxygen atoms in total. The van der Waals surface area contributed by atoms with Gasteiger partial charge in [0.2, 0.25) is 10.0 Å². The quantitative estimate of drug-likeness (QED) is 0.614. The van der Waals surface area contributed by atoms with Gasteiger partial charge in [0, 0.05) is 58.5 Å². The molecule has 1 N–H and O–H groups in total. The van der Waals surface area contributed by atoms with Crippen molar-refractivity contribution in [1.82, 2.24) is 14.5 Å². The third kappa shape index (κ3) is 5.89. The molecule has 30 heavy (non-hydrogen) atoms. The molecule has 0 radical (unpaired) electrons. The molecule has 1 fully saturated rings. The van der Waals surface area contributed by atoms with E-state index < -0.39 is 10.0 Å². The summed E-state index contributed by atoms with van der Waals surface area (Å²) in [6.07, 6.45) is 0.776. The zero-order valence-electron chi connectivity index (χ0n) is 17.3. The summed E-state index contributed by atoms with van der Waals surface area (Å²) in [4.78, 5) is 14.9. The smallest absolute Gasteiger partial charge is 0.251 e. The molecule has 1 aliphatic rings. The predicted octanol–water partition coefficient (Wildman–Crippen LogP) is 1.96. The first-order chi connectivity index (χ1) is 14.5. The lowest BCUT2D eigenvalue weighted by molar-refractivity contribution is 0.0948. The molecule has 162 valence electrons. The Bertz CT molecular complexity index is 926. The molecule has 0 spiro atoms. The van der Waals surface area contributed by atoms with Crippen molar-refractivity contribution >= 4 is 15.9 Å². The van der Waals surface area contributed by atoms with E-state index in [4.69, 9.17) is 4.74 Å². The Morgan fingerprint density at radius 2 is 1.77 bits per heavy atom. The summed E-state index contributed by atoms with van der Waals surface area (Å²) in [5.74, 6) is -0.0910. The van der Waals surface area contributed by atoms with E-state index in [2.05, 4.69) is 10.2 Å². The number of nitrogens with zero attached hydrogens (tertiary/aromatic N) is 2.